The summed E-state index contributed by atoms with van der Waals surface area (Å²) in [5.41, 5.74) is 2.26. The second-order valence-corrected chi connectivity index (χ2v) is 7.31. The van der Waals surface area contributed by atoms with Crippen molar-refractivity contribution < 1.29 is 9.90 Å². The van der Waals surface area contributed by atoms with E-state index in [9.17, 15) is 9.90 Å². The van der Waals surface area contributed by atoms with Crippen LogP contribution in [0.5, 0.6) is 0 Å². The van der Waals surface area contributed by atoms with E-state index in [0.717, 1.165) is 10.0 Å². The van der Waals surface area contributed by atoms with E-state index in [4.69, 9.17) is 0 Å². The molecular formula is C17H21BrO2. The van der Waals surface area contributed by atoms with Crippen LogP contribution in [0.3, 0.4) is 0 Å². The summed E-state index contributed by atoms with van der Waals surface area (Å²) in [6.45, 7) is 8.36. The average Bonchev–Trinajstić information content (AvgIpc) is 2.91. The highest BCUT2D eigenvalue weighted by molar-refractivity contribution is 9.15. The summed E-state index contributed by atoms with van der Waals surface area (Å²) in [7, 11) is 0. The van der Waals surface area contributed by atoms with E-state index in [1.54, 1.807) is 0 Å². The lowest BCUT2D eigenvalue weighted by atomic mass is 10.0. The summed E-state index contributed by atoms with van der Waals surface area (Å²) >= 11 is 3.58. The molecular weight excluding hydrogens is 316 g/mol. The van der Waals surface area contributed by atoms with Gasteiger partial charge in [-0.3, -0.25) is 4.79 Å². The van der Waals surface area contributed by atoms with Crippen LogP contribution in [0.4, 0.5) is 0 Å². The van der Waals surface area contributed by atoms with Gasteiger partial charge in [-0.25, -0.2) is 0 Å². The van der Waals surface area contributed by atoms with Crippen LogP contribution in [0.2, 0.25) is 0 Å². The number of benzene rings is 1. The van der Waals surface area contributed by atoms with Gasteiger partial charge in [0.1, 0.15) is 0 Å². The number of allylic oxidation sites excluding steroid dienone is 1. The van der Waals surface area contributed by atoms with Gasteiger partial charge in [0.05, 0.1) is 5.92 Å². The van der Waals surface area contributed by atoms with Crippen LogP contribution in [0.15, 0.2) is 30.3 Å². The number of halogens is 1. The van der Waals surface area contributed by atoms with Gasteiger partial charge in [0.15, 0.2) is 0 Å². The van der Waals surface area contributed by atoms with Gasteiger partial charge in [-0.1, -0.05) is 74.0 Å². The van der Waals surface area contributed by atoms with Crippen molar-refractivity contribution in [3.8, 4) is 0 Å². The van der Waals surface area contributed by atoms with E-state index < -0.39 is 5.97 Å². The van der Waals surface area contributed by atoms with Crippen LogP contribution in [0.25, 0.3) is 4.48 Å². The predicted octanol–water partition coefficient (Wildman–Crippen LogP) is 4.90. The molecule has 0 amide bonds. The molecule has 1 aromatic carbocycles. The molecule has 1 aliphatic rings. The molecule has 0 aromatic heterocycles. The van der Waals surface area contributed by atoms with Gasteiger partial charge in [0.2, 0.25) is 0 Å². The van der Waals surface area contributed by atoms with E-state index in [-0.39, 0.29) is 17.3 Å². The second-order valence-electron chi connectivity index (χ2n) is 6.45. The molecule has 0 radical (unpaired) electrons. The summed E-state index contributed by atoms with van der Waals surface area (Å²) in [6, 6.07) is 8.42. The van der Waals surface area contributed by atoms with E-state index in [2.05, 4.69) is 54.0 Å². The summed E-state index contributed by atoms with van der Waals surface area (Å²) < 4.78 is 0.981. The summed E-state index contributed by atoms with van der Waals surface area (Å²) in [4.78, 5) is 11.2. The smallest absolute Gasteiger partial charge is 0.307 e. The zero-order valence-corrected chi connectivity index (χ0v) is 13.9. The minimum atomic E-state index is -0.702. The van der Waals surface area contributed by atoms with Crippen LogP contribution in [-0.2, 0) is 4.79 Å². The Morgan fingerprint density at radius 1 is 1.30 bits per heavy atom. The molecule has 2 nitrogen and oxygen atoms in total. The highest BCUT2D eigenvalue weighted by Crippen LogP contribution is 2.60. The Hall–Kier alpha value is -1.09. The van der Waals surface area contributed by atoms with E-state index in [1.807, 2.05) is 19.9 Å². The van der Waals surface area contributed by atoms with Gasteiger partial charge in [-0.05, 0) is 28.4 Å². The molecule has 0 spiro atoms. The normalized spacial score (nSPS) is 24.8. The monoisotopic (exact) mass is 336 g/mol. The lowest BCUT2D eigenvalue weighted by Gasteiger charge is -2.07. The Morgan fingerprint density at radius 2 is 1.85 bits per heavy atom. The Morgan fingerprint density at radius 3 is 2.25 bits per heavy atom. The Labute approximate surface area is 129 Å². The van der Waals surface area contributed by atoms with Crippen LogP contribution in [0.1, 0.15) is 44.7 Å². The van der Waals surface area contributed by atoms with Crippen molar-refractivity contribution in [2.24, 2.45) is 17.3 Å². The van der Waals surface area contributed by atoms with Gasteiger partial charge in [0.25, 0.3) is 0 Å². The third-order valence-electron chi connectivity index (χ3n) is 4.36. The molecule has 0 aliphatic heterocycles. The summed E-state index contributed by atoms with van der Waals surface area (Å²) in [5, 5.41) is 9.20. The number of carboxylic acids is 1. The van der Waals surface area contributed by atoms with Crippen molar-refractivity contribution in [3.63, 3.8) is 0 Å². The molecule has 1 aliphatic carbocycles. The molecule has 20 heavy (non-hydrogen) atoms. The third kappa shape index (κ3) is 2.83. The fourth-order valence-corrected chi connectivity index (χ4v) is 3.29. The molecule has 2 unspecified atom stereocenters. The molecule has 1 N–H and O–H groups in total. The van der Waals surface area contributed by atoms with E-state index in [1.165, 1.54) is 5.56 Å². The zero-order valence-electron chi connectivity index (χ0n) is 12.4. The predicted molar refractivity (Wildman–Crippen MR) is 85.8 cm³/mol. The first-order valence-corrected chi connectivity index (χ1v) is 7.75. The number of hydrogen-bond donors (Lipinski definition) is 1. The first kappa shape index (κ1) is 15.3. The number of aliphatic carboxylic acids is 1. The summed E-state index contributed by atoms with van der Waals surface area (Å²) in [5.74, 6) is -0.360. The molecule has 2 atom stereocenters. The molecule has 1 saturated carbocycles. The van der Waals surface area contributed by atoms with Gasteiger partial charge in [-0.2, -0.15) is 0 Å². The first-order valence-electron chi connectivity index (χ1n) is 6.95. The van der Waals surface area contributed by atoms with Crippen molar-refractivity contribution in [2.75, 3.05) is 0 Å². The topological polar surface area (TPSA) is 37.3 Å². The molecule has 2 rings (SSSR count). The molecule has 3 heteroatoms. The Balaban J connectivity index is 2.18. The largest absolute Gasteiger partial charge is 0.481 e. The maximum Gasteiger partial charge on any atom is 0.307 e. The van der Waals surface area contributed by atoms with Gasteiger partial charge < -0.3 is 5.11 Å². The van der Waals surface area contributed by atoms with Crippen molar-refractivity contribution in [2.45, 2.75) is 33.6 Å². The lowest BCUT2D eigenvalue weighted by molar-refractivity contribution is -0.139. The van der Waals surface area contributed by atoms with E-state index in [0.29, 0.717) is 5.92 Å². The minimum Gasteiger partial charge on any atom is -0.481 e. The van der Waals surface area contributed by atoms with E-state index >= 15 is 0 Å². The maximum absolute atomic E-state index is 11.2. The Bertz CT molecular complexity index is 541. The van der Waals surface area contributed by atoms with Gasteiger partial charge in [0, 0.05) is 4.48 Å². The van der Waals surface area contributed by atoms with Crippen molar-refractivity contribution in [1.82, 2.24) is 0 Å². The standard InChI is InChI=1S/C17H21BrO2/c1-10(2)11-5-7-12(8-6-11)14(18)9-13-15(16(19)20)17(13,3)4/h5-10,13,15H,1-4H3,(H,19,20). The molecule has 0 saturated heterocycles. The maximum atomic E-state index is 11.2. The number of hydrogen-bond acceptors (Lipinski definition) is 1. The van der Waals surface area contributed by atoms with Crippen molar-refractivity contribution in [1.29, 1.82) is 0 Å². The molecule has 1 aromatic rings. The van der Waals surface area contributed by atoms with Crippen LogP contribution in [0, 0.1) is 17.3 Å². The van der Waals surface area contributed by atoms with Gasteiger partial charge in [-0.15, -0.1) is 0 Å². The fraction of sp³-hybridized carbons (Fsp3) is 0.471. The highest BCUT2D eigenvalue weighted by Gasteiger charge is 2.60. The molecule has 0 heterocycles. The second kappa shape index (κ2) is 5.36. The molecule has 108 valence electrons. The number of carboxylic acid groups (broad SMARTS) is 1. The van der Waals surface area contributed by atoms with Crippen LogP contribution in [-0.4, -0.2) is 11.1 Å². The van der Waals surface area contributed by atoms with Gasteiger partial charge >= 0.3 is 5.97 Å². The third-order valence-corrected chi connectivity index (χ3v) is 5.08. The highest BCUT2D eigenvalue weighted by atomic mass is 79.9. The minimum absolute atomic E-state index is 0.0964. The number of carbonyl (C=O) groups is 1. The summed E-state index contributed by atoms with van der Waals surface area (Å²) in [6.07, 6.45) is 2.04. The lowest BCUT2D eigenvalue weighted by Crippen LogP contribution is -2.03. The fourth-order valence-electron chi connectivity index (χ4n) is 2.74. The number of rotatable bonds is 4. The zero-order chi connectivity index (χ0) is 15.1. The molecule has 1 fully saturated rings. The quantitative estimate of drug-likeness (QED) is 0.848. The van der Waals surface area contributed by atoms with Crippen LogP contribution >= 0.6 is 15.9 Å². The average molecular weight is 337 g/mol. The Kier molecular flexibility index (Phi) is 4.10. The SMILES string of the molecule is CC(C)c1ccc(C(Br)=CC2C(C(=O)O)C2(C)C)cc1. The molecule has 0 bridgehead atoms. The van der Waals surface area contributed by atoms with Crippen molar-refractivity contribution in [3.05, 3.63) is 41.5 Å². The van der Waals surface area contributed by atoms with Crippen molar-refractivity contribution >= 4 is 26.4 Å². The first-order chi connectivity index (χ1) is 9.25. The van der Waals surface area contributed by atoms with Crippen LogP contribution < -0.4 is 0 Å².